The molecule has 4 heteroatoms. The van der Waals surface area contributed by atoms with E-state index in [1.807, 2.05) is 49.3 Å². The minimum absolute atomic E-state index is 0.414. The van der Waals surface area contributed by atoms with Gasteiger partial charge in [-0.3, -0.25) is 4.90 Å². The SMILES string of the molecule is CN(C)CCN(C(N)=O)c1ccccc1. The van der Waals surface area contributed by atoms with Crippen molar-refractivity contribution < 1.29 is 4.79 Å². The Balaban J connectivity index is 2.71. The summed E-state index contributed by atoms with van der Waals surface area (Å²) < 4.78 is 0. The van der Waals surface area contributed by atoms with Crippen LogP contribution in [0.4, 0.5) is 10.5 Å². The molecule has 0 heterocycles. The van der Waals surface area contributed by atoms with Crippen molar-refractivity contribution in [2.75, 3.05) is 32.1 Å². The number of anilines is 1. The van der Waals surface area contributed by atoms with Gasteiger partial charge in [0.1, 0.15) is 0 Å². The Bertz CT molecular complexity index is 311. The normalized spacial score (nSPS) is 10.3. The number of likely N-dealkylation sites (N-methyl/N-ethyl adjacent to an activating group) is 1. The molecule has 1 aromatic rings. The summed E-state index contributed by atoms with van der Waals surface area (Å²) in [5.74, 6) is 0. The van der Waals surface area contributed by atoms with E-state index in [2.05, 4.69) is 0 Å². The van der Waals surface area contributed by atoms with Crippen molar-refractivity contribution in [1.82, 2.24) is 4.90 Å². The Kier molecular flexibility index (Phi) is 4.12. The van der Waals surface area contributed by atoms with Crippen LogP contribution in [-0.4, -0.2) is 38.1 Å². The number of rotatable bonds is 4. The molecular weight excluding hydrogens is 190 g/mol. The molecule has 2 amide bonds. The molecule has 0 bridgehead atoms. The van der Waals surface area contributed by atoms with Crippen LogP contribution in [0.1, 0.15) is 0 Å². The molecule has 82 valence electrons. The first-order valence-electron chi connectivity index (χ1n) is 4.88. The number of carbonyl (C=O) groups excluding carboxylic acids is 1. The monoisotopic (exact) mass is 207 g/mol. The molecule has 1 aromatic carbocycles. The lowest BCUT2D eigenvalue weighted by Gasteiger charge is -2.22. The van der Waals surface area contributed by atoms with Crippen molar-refractivity contribution in [1.29, 1.82) is 0 Å². The third-order valence-corrected chi connectivity index (χ3v) is 2.10. The number of urea groups is 1. The van der Waals surface area contributed by atoms with Crippen molar-refractivity contribution in [3.63, 3.8) is 0 Å². The Morgan fingerprint density at radius 1 is 1.20 bits per heavy atom. The fourth-order valence-corrected chi connectivity index (χ4v) is 1.27. The van der Waals surface area contributed by atoms with Gasteiger partial charge >= 0.3 is 6.03 Å². The number of primary amides is 1. The Morgan fingerprint density at radius 2 is 1.80 bits per heavy atom. The molecule has 0 aromatic heterocycles. The Labute approximate surface area is 90.3 Å². The van der Waals surface area contributed by atoms with Crippen LogP contribution in [0.2, 0.25) is 0 Å². The predicted octanol–water partition coefficient (Wildman–Crippen LogP) is 1.13. The van der Waals surface area contributed by atoms with E-state index in [9.17, 15) is 4.79 Å². The van der Waals surface area contributed by atoms with Crippen LogP contribution in [0.3, 0.4) is 0 Å². The summed E-state index contributed by atoms with van der Waals surface area (Å²) in [6.07, 6.45) is 0. The van der Waals surface area contributed by atoms with Gasteiger partial charge in [-0.1, -0.05) is 18.2 Å². The molecule has 0 atom stereocenters. The van der Waals surface area contributed by atoms with Crippen LogP contribution in [0.5, 0.6) is 0 Å². The van der Waals surface area contributed by atoms with Gasteiger partial charge in [0.2, 0.25) is 0 Å². The standard InChI is InChI=1S/C11H17N3O/c1-13(2)8-9-14(11(12)15)10-6-4-3-5-7-10/h3-7H,8-9H2,1-2H3,(H2,12,15). The van der Waals surface area contributed by atoms with Crippen molar-refractivity contribution in [2.24, 2.45) is 5.73 Å². The first kappa shape index (κ1) is 11.5. The van der Waals surface area contributed by atoms with Crippen LogP contribution in [0.25, 0.3) is 0 Å². The molecule has 1 rings (SSSR count). The van der Waals surface area contributed by atoms with Crippen LogP contribution in [0, 0.1) is 0 Å². The minimum Gasteiger partial charge on any atom is -0.351 e. The maximum absolute atomic E-state index is 11.2. The van der Waals surface area contributed by atoms with Crippen molar-refractivity contribution in [3.05, 3.63) is 30.3 Å². The molecule has 0 aliphatic heterocycles. The van der Waals surface area contributed by atoms with Gasteiger partial charge in [-0.25, -0.2) is 4.79 Å². The highest BCUT2D eigenvalue weighted by atomic mass is 16.2. The summed E-state index contributed by atoms with van der Waals surface area (Å²) in [5, 5.41) is 0. The van der Waals surface area contributed by atoms with Crippen LogP contribution < -0.4 is 10.6 Å². The molecule has 4 nitrogen and oxygen atoms in total. The maximum Gasteiger partial charge on any atom is 0.319 e. The van der Waals surface area contributed by atoms with Gasteiger partial charge in [0, 0.05) is 18.8 Å². The van der Waals surface area contributed by atoms with E-state index in [0.717, 1.165) is 12.2 Å². The second-order valence-electron chi connectivity index (χ2n) is 3.63. The molecule has 2 N–H and O–H groups in total. The quantitative estimate of drug-likeness (QED) is 0.804. The number of hydrogen-bond acceptors (Lipinski definition) is 2. The van der Waals surface area contributed by atoms with E-state index in [0.29, 0.717) is 6.54 Å². The van der Waals surface area contributed by atoms with Gasteiger partial charge in [-0.15, -0.1) is 0 Å². The molecule has 0 saturated carbocycles. The highest BCUT2D eigenvalue weighted by molar-refractivity contribution is 5.90. The number of nitrogens with zero attached hydrogens (tertiary/aromatic N) is 2. The van der Waals surface area contributed by atoms with E-state index in [4.69, 9.17) is 5.73 Å². The lowest BCUT2D eigenvalue weighted by Crippen LogP contribution is -2.40. The summed E-state index contributed by atoms with van der Waals surface area (Å²) in [6, 6.07) is 9.03. The second kappa shape index (κ2) is 5.36. The van der Waals surface area contributed by atoms with Crippen molar-refractivity contribution >= 4 is 11.7 Å². The summed E-state index contributed by atoms with van der Waals surface area (Å²) >= 11 is 0. The maximum atomic E-state index is 11.2. The molecule has 0 unspecified atom stereocenters. The largest absolute Gasteiger partial charge is 0.351 e. The fourth-order valence-electron chi connectivity index (χ4n) is 1.27. The molecule has 0 spiro atoms. The number of benzene rings is 1. The van der Waals surface area contributed by atoms with E-state index in [-0.39, 0.29) is 0 Å². The highest BCUT2D eigenvalue weighted by Crippen LogP contribution is 2.12. The van der Waals surface area contributed by atoms with Gasteiger partial charge in [-0.05, 0) is 26.2 Å². The number of amides is 2. The zero-order chi connectivity index (χ0) is 11.3. The van der Waals surface area contributed by atoms with E-state index < -0.39 is 6.03 Å². The van der Waals surface area contributed by atoms with E-state index >= 15 is 0 Å². The Morgan fingerprint density at radius 3 is 2.27 bits per heavy atom. The zero-order valence-electron chi connectivity index (χ0n) is 9.18. The Hall–Kier alpha value is -1.55. The van der Waals surface area contributed by atoms with E-state index in [1.165, 1.54) is 0 Å². The summed E-state index contributed by atoms with van der Waals surface area (Å²) in [6.45, 7) is 1.39. The van der Waals surface area contributed by atoms with Crippen LogP contribution >= 0.6 is 0 Å². The number of para-hydroxylation sites is 1. The summed E-state index contributed by atoms with van der Waals surface area (Å²) in [4.78, 5) is 14.8. The van der Waals surface area contributed by atoms with Gasteiger partial charge in [0.05, 0.1) is 0 Å². The van der Waals surface area contributed by atoms with Crippen LogP contribution in [-0.2, 0) is 0 Å². The third kappa shape index (κ3) is 3.59. The van der Waals surface area contributed by atoms with Crippen LogP contribution in [0.15, 0.2) is 30.3 Å². The van der Waals surface area contributed by atoms with Gasteiger partial charge < -0.3 is 10.6 Å². The van der Waals surface area contributed by atoms with Crippen molar-refractivity contribution in [2.45, 2.75) is 0 Å². The molecule has 15 heavy (non-hydrogen) atoms. The minimum atomic E-state index is -0.414. The topological polar surface area (TPSA) is 49.6 Å². The number of carbonyl (C=O) groups is 1. The van der Waals surface area contributed by atoms with Crippen molar-refractivity contribution in [3.8, 4) is 0 Å². The molecular formula is C11H17N3O. The van der Waals surface area contributed by atoms with Gasteiger partial charge in [-0.2, -0.15) is 0 Å². The first-order chi connectivity index (χ1) is 7.11. The lowest BCUT2D eigenvalue weighted by atomic mass is 10.3. The second-order valence-corrected chi connectivity index (χ2v) is 3.63. The molecule has 0 aliphatic carbocycles. The predicted molar refractivity (Wildman–Crippen MR) is 61.9 cm³/mol. The first-order valence-corrected chi connectivity index (χ1v) is 4.88. The van der Waals surface area contributed by atoms with Gasteiger partial charge in [0.15, 0.2) is 0 Å². The molecule has 0 aliphatic rings. The third-order valence-electron chi connectivity index (χ3n) is 2.10. The molecule has 0 saturated heterocycles. The average Bonchev–Trinajstić information content (AvgIpc) is 2.18. The molecule has 0 fully saturated rings. The summed E-state index contributed by atoms with van der Waals surface area (Å²) in [5.41, 5.74) is 6.16. The smallest absolute Gasteiger partial charge is 0.319 e. The fraction of sp³-hybridized carbons (Fsp3) is 0.364. The average molecular weight is 207 g/mol. The van der Waals surface area contributed by atoms with Gasteiger partial charge in [0.25, 0.3) is 0 Å². The zero-order valence-corrected chi connectivity index (χ0v) is 9.18. The summed E-state index contributed by atoms with van der Waals surface area (Å²) in [7, 11) is 3.92. The number of hydrogen-bond donors (Lipinski definition) is 1. The molecule has 0 radical (unpaired) electrons. The number of nitrogens with two attached hydrogens (primary N) is 1. The lowest BCUT2D eigenvalue weighted by molar-refractivity contribution is 0.253. The van der Waals surface area contributed by atoms with E-state index in [1.54, 1.807) is 4.90 Å². The highest BCUT2D eigenvalue weighted by Gasteiger charge is 2.11.